The van der Waals surface area contributed by atoms with Crippen LogP contribution in [-0.4, -0.2) is 57.4 Å². The van der Waals surface area contributed by atoms with E-state index in [4.69, 9.17) is 4.99 Å². The van der Waals surface area contributed by atoms with Crippen molar-refractivity contribution in [1.29, 1.82) is 5.26 Å². The van der Waals surface area contributed by atoms with Crippen LogP contribution >= 0.6 is 0 Å². The normalized spacial score (nSPS) is 15.3. The van der Waals surface area contributed by atoms with Gasteiger partial charge >= 0.3 is 0 Å². The predicted molar refractivity (Wildman–Crippen MR) is 158 cm³/mol. The number of rotatable bonds is 5. The van der Waals surface area contributed by atoms with Gasteiger partial charge in [-0.3, -0.25) is 15.1 Å². The molecule has 10 heteroatoms. The Morgan fingerprint density at radius 2 is 1.85 bits per heavy atom. The number of pyridine rings is 1. The number of anilines is 2. The van der Waals surface area contributed by atoms with Gasteiger partial charge < -0.3 is 15.1 Å². The zero-order chi connectivity index (χ0) is 27.2. The molecule has 2 N–H and O–H groups in total. The maximum Gasteiger partial charge on any atom is 0.275 e. The first kappa shape index (κ1) is 28.0. The van der Waals surface area contributed by atoms with E-state index in [1.165, 1.54) is 6.20 Å². The Labute approximate surface area is 234 Å². The second-order valence-electron chi connectivity index (χ2n) is 9.55. The molecular weight excluding hydrogens is 502 g/mol. The number of para-hydroxylation sites is 1. The van der Waals surface area contributed by atoms with Gasteiger partial charge in [-0.1, -0.05) is 45.5 Å². The minimum atomic E-state index is -0.308. The first-order chi connectivity index (χ1) is 19.0. The van der Waals surface area contributed by atoms with Crippen LogP contribution in [0, 0.1) is 17.4 Å². The Hall–Kier alpha value is -5.04. The van der Waals surface area contributed by atoms with Crippen LogP contribution in [-0.2, 0) is 0 Å². The molecule has 2 aromatic heterocycles. The Bertz CT molecular complexity index is 1510. The topological polar surface area (TPSA) is 122 Å². The molecule has 1 aliphatic heterocycles. The lowest BCUT2D eigenvalue weighted by Crippen LogP contribution is -2.59. The minimum Gasteiger partial charge on any atom is -0.351 e. The predicted octanol–water partition coefficient (Wildman–Crippen LogP) is 4.82. The molecular formula is C30H33N9O. The average Bonchev–Trinajstić information content (AvgIpc) is 2.97. The van der Waals surface area contributed by atoms with E-state index >= 15 is 0 Å². The summed E-state index contributed by atoms with van der Waals surface area (Å²) in [5.41, 5.74) is 2.55. The van der Waals surface area contributed by atoms with Crippen molar-refractivity contribution in [2.75, 3.05) is 29.9 Å². The van der Waals surface area contributed by atoms with Crippen LogP contribution in [0.3, 0.4) is 0 Å². The first-order valence-electron chi connectivity index (χ1n) is 12.8. The minimum absolute atomic E-state index is 0. The second-order valence-corrected chi connectivity index (χ2v) is 9.55. The van der Waals surface area contributed by atoms with E-state index in [0.29, 0.717) is 37.1 Å². The van der Waals surface area contributed by atoms with E-state index in [9.17, 15) is 10.1 Å². The quantitative estimate of drug-likeness (QED) is 0.161. The summed E-state index contributed by atoms with van der Waals surface area (Å²) in [5.74, 6) is 1.16. The van der Waals surface area contributed by atoms with Crippen LogP contribution in [0.15, 0.2) is 84.2 Å². The second kappa shape index (κ2) is 12.7. The van der Waals surface area contributed by atoms with Gasteiger partial charge in [0.1, 0.15) is 11.5 Å². The molecule has 1 aliphatic rings. The molecule has 4 aromatic rings. The summed E-state index contributed by atoms with van der Waals surface area (Å²) < 4.78 is 0. The fourth-order valence-corrected chi connectivity index (χ4v) is 4.68. The molecule has 0 bridgehead atoms. The highest BCUT2D eigenvalue weighted by molar-refractivity contribution is 6.02. The maximum absolute atomic E-state index is 12.6. The van der Waals surface area contributed by atoms with Crippen molar-refractivity contribution < 1.29 is 4.79 Å². The fourth-order valence-electron chi connectivity index (χ4n) is 4.68. The first-order valence-corrected chi connectivity index (χ1v) is 12.8. The molecule has 1 saturated heterocycles. The van der Waals surface area contributed by atoms with Gasteiger partial charge in [-0.25, -0.2) is 15.0 Å². The number of nitrogens with zero attached hydrogens (tertiary/aromatic N) is 7. The number of aromatic nitrogens is 3. The monoisotopic (exact) mass is 535 g/mol. The number of hydrogen-bond donors (Lipinski definition) is 2. The third-order valence-corrected chi connectivity index (χ3v) is 6.70. The van der Waals surface area contributed by atoms with Gasteiger partial charge in [-0.15, -0.1) is 0 Å². The van der Waals surface area contributed by atoms with Crippen LogP contribution in [0.1, 0.15) is 31.8 Å². The Morgan fingerprint density at radius 3 is 2.58 bits per heavy atom. The zero-order valence-electron chi connectivity index (χ0n) is 21.8. The van der Waals surface area contributed by atoms with E-state index in [-0.39, 0.29) is 31.0 Å². The number of fused-ring (bicyclic) bond motifs is 1. The van der Waals surface area contributed by atoms with Gasteiger partial charge in [0, 0.05) is 36.9 Å². The Morgan fingerprint density at radius 1 is 1.02 bits per heavy atom. The van der Waals surface area contributed by atoms with Crippen molar-refractivity contribution in [3.63, 3.8) is 0 Å². The van der Waals surface area contributed by atoms with Crippen molar-refractivity contribution in [3.8, 4) is 6.19 Å². The molecule has 3 heterocycles. The molecule has 0 unspecified atom stereocenters. The Kier molecular flexibility index (Phi) is 8.86. The summed E-state index contributed by atoms with van der Waals surface area (Å²) in [6, 6.07) is 18.9. The van der Waals surface area contributed by atoms with Crippen LogP contribution in [0.5, 0.6) is 0 Å². The van der Waals surface area contributed by atoms with Gasteiger partial charge in [-0.05, 0) is 42.3 Å². The van der Waals surface area contributed by atoms with E-state index in [1.54, 1.807) is 12.4 Å². The lowest BCUT2D eigenvalue weighted by Gasteiger charge is -2.44. The Balaban J connectivity index is 0.00000370. The molecule has 204 valence electrons. The molecule has 0 spiro atoms. The van der Waals surface area contributed by atoms with Crippen molar-refractivity contribution in [2.24, 2.45) is 10.9 Å². The number of aliphatic imine (C=N–C) groups is 1. The van der Waals surface area contributed by atoms with Crippen molar-refractivity contribution in [2.45, 2.75) is 27.3 Å². The van der Waals surface area contributed by atoms with Crippen LogP contribution < -0.4 is 15.5 Å². The lowest BCUT2D eigenvalue weighted by molar-refractivity contribution is 0.102. The maximum atomic E-state index is 12.6. The number of piperazine rings is 1. The van der Waals surface area contributed by atoms with Gasteiger partial charge in [-0.2, -0.15) is 5.26 Å². The van der Waals surface area contributed by atoms with Crippen molar-refractivity contribution in [1.82, 2.24) is 25.2 Å². The SMILES string of the molecule is C.CC(C)[C@H]1CN(c2cnc(C(=O)Nc3ccccc3)cn2)CCN1C(=Nc1cccc2ncccc12)NC#N. The molecule has 40 heavy (non-hydrogen) atoms. The molecule has 10 nitrogen and oxygen atoms in total. The highest BCUT2D eigenvalue weighted by atomic mass is 16.1. The number of guanidine groups is 1. The summed E-state index contributed by atoms with van der Waals surface area (Å²) in [6.07, 6.45) is 6.95. The molecule has 1 atom stereocenters. The highest BCUT2D eigenvalue weighted by Gasteiger charge is 2.32. The number of nitriles is 1. The highest BCUT2D eigenvalue weighted by Crippen LogP contribution is 2.27. The smallest absolute Gasteiger partial charge is 0.275 e. The van der Waals surface area contributed by atoms with E-state index in [2.05, 4.69) is 55.4 Å². The largest absolute Gasteiger partial charge is 0.351 e. The molecule has 0 radical (unpaired) electrons. The van der Waals surface area contributed by atoms with E-state index in [1.807, 2.05) is 60.7 Å². The fraction of sp³-hybridized carbons (Fsp3) is 0.267. The zero-order valence-corrected chi connectivity index (χ0v) is 21.8. The van der Waals surface area contributed by atoms with Gasteiger partial charge in [0.2, 0.25) is 5.96 Å². The molecule has 0 aliphatic carbocycles. The number of carbonyl (C=O) groups excluding carboxylic acids is 1. The van der Waals surface area contributed by atoms with Gasteiger partial charge in [0.25, 0.3) is 5.91 Å². The summed E-state index contributed by atoms with van der Waals surface area (Å²) in [5, 5.41) is 16.1. The lowest BCUT2D eigenvalue weighted by atomic mass is 10.00. The summed E-state index contributed by atoms with van der Waals surface area (Å²) in [4.78, 5) is 35.1. The van der Waals surface area contributed by atoms with Crippen LogP contribution in [0.25, 0.3) is 10.9 Å². The van der Waals surface area contributed by atoms with Crippen molar-refractivity contribution in [3.05, 3.63) is 84.9 Å². The standard InChI is InChI=1S/C29H29N9O.CH4/c1-20(2)26-18-37(27-17-32-25(16-33-27)28(39)35-21-8-4-3-5-9-21)14-15-38(26)29(34-19-30)36-24-12-6-11-23-22(24)10-7-13-31-23;/h3-13,16-17,20,26H,14-15,18H2,1-2H3,(H,34,36)(H,35,39);1H4/t26-;/m1./s1. The van der Waals surface area contributed by atoms with Gasteiger partial charge in [0.05, 0.1) is 29.6 Å². The summed E-state index contributed by atoms with van der Waals surface area (Å²) >= 11 is 0. The van der Waals surface area contributed by atoms with Crippen LogP contribution in [0.4, 0.5) is 17.2 Å². The number of carbonyl (C=O) groups is 1. The summed E-state index contributed by atoms with van der Waals surface area (Å²) in [7, 11) is 0. The summed E-state index contributed by atoms with van der Waals surface area (Å²) in [6.45, 7) is 6.23. The third kappa shape index (κ3) is 6.15. The molecule has 2 aromatic carbocycles. The van der Waals surface area contributed by atoms with Crippen molar-refractivity contribution >= 4 is 40.0 Å². The van der Waals surface area contributed by atoms with E-state index < -0.39 is 0 Å². The van der Waals surface area contributed by atoms with Gasteiger partial charge in [0.15, 0.2) is 6.19 Å². The average molecular weight is 536 g/mol. The number of hydrogen-bond acceptors (Lipinski definition) is 7. The molecule has 0 saturated carbocycles. The molecule has 1 fully saturated rings. The molecule has 5 rings (SSSR count). The number of benzene rings is 2. The third-order valence-electron chi connectivity index (χ3n) is 6.70. The van der Waals surface area contributed by atoms with E-state index in [0.717, 1.165) is 16.6 Å². The molecule has 1 amide bonds. The number of nitrogens with one attached hydrogen (secondary N) is 2. The number of amides is 1. The van der Waals surface area contributed by atoms with Crippen LogP contribution in [0.2, 0.25) is 0 Å².